The van der Waals surface area contributed by atoms with Gasteiger partial charge in [-0.15, -0.1) is 13.2 Å². The van der Waals surface area contributed by atoms with Crippen molar-refractivity contribution in [2.24, 2.45) is 11.8 Å². The van der Waals surface area contributed by atoms with E-state index < -0.39 is 29.0 Å². The first kappa shape index (κ1) is 23.5. The van der Waals surface area contributed by atoms with Crippen LogP contribution in [-0.4, -0.2) is 94.1 Å². The number of hydrogen-bond acceptors (Lipinski definition) is 5. The number of likely N-dealkylation sites (tertiary alicyclic amines) is 1. The van der Waals surface area contributed by atoms with Gasteiger partial charge in [0.05, 0.1) is 24.5 Å². The second-order valence-electron chi connectivity index (χ2n) is 9.73. The van der Waals surface area contributed by atoms with Crippen LogP contribution < -0.4 is 0 Å². The lowest BCUT2D eigenvalue weighted by molar-refractivity contribution is -0.152. The van der Waals surface area contributed by atoms with Gasteiger partial charge in [0.15, 0.2) is 0 Å². The fraction of sp³-hybridized carbons (Fsp3) is 0.696. The Labute approximate surface area is 184 Å². The van der Waals surface area contributed by atoms with Gasteiger partial charge in [0, 0.05) is 32.2 Å². The summed E-state index contributed by atoms with van der Waals surface area (Å²) in [5, 5.41) is 9.65. The first-order valence-electron chi connectivity index (χ1n) is 10.9. The highest BCUT2D eigenvalue weighted by Gasteiger charge is 2.74. The average Bonchev–Trinajstić information content (AvgIpc) is 3.33. The maximum Gasteiger partial charge on any atom is 0.249 e. The summed E-state index contributed by atoms with van der Waals surface area (Å²) in [7, 11) is 1.68. The van der Waals surface area contributed by atoms with Crippen molar-refractivity contribution in [2.75, 3.05) is 33.3 Å². The summed E-state index contributed by atoms with van der Waals surface area (Å²) in [4.78, 5) is 45.3. The standard InChI is InChI=1S/C23H35N3O5/c1-7-11-24(6)19(28)16-15-9-10-23(31-15)17(16)20(29)25(13-14-27)18(23)21(30)26(12-8-2)22(3,4)5/h7-8,15-18,27H,1-2,9-14H2,3-6H3/t15-,16+,17-,18?,23?/m0/s1. The second-order valence-corrected chi connectivity index (χ2v) is 9.73. The van der Waals surface area contributed by atoms with Crippen LogP contribution in [0.15, 0.2) is 25.3 Å². The summed E-state index contributed by atoms with van der Waals surface area (Å²) in [5.74, 6) is -2.04. The highest BCUT2D eigenvalue weighted by molar-refractivity contribution is 5.99. The molecule has 3 aliphatic heterocycles. The number of rotatable bonds is 8. The van der Waals surface area contributed by atoms with Crippen LogP contribution in [0.2, 0.25) is 0 Å². The quantitative estimate of drug-likeness (QED) is 0.572. The minimum atomic E-state index is -1.05. The van der Waals surface area contributed by atoms with Crippen LogP contribution in [0.5, 0.6) is 0 Å². The van der Waals surface area contributed by atoms with E-state index in [1.54, 1.807) is 29.0 Å². The molecule has 2 unspecified atom stereocenters. The van der Waals surface area contributed by atoms with Gasteiger partial charge in [0.2, 0.25) is 17.7 Å². The number of aliphatic hydroxyl groups is 1. The van der Waals surface area contributed by atoms with Gasteiger partial charge in [-0.2, -0.15) is 0 Å². The molecule has 8 heteroatoms. The molecule has 0 aromatic carbocycles. The molecule has 8 nitrogen and oxygen atoms in total. The van der Waals surface area contributed by atoms with E-state index in [2.05, 4.69) is 13.2 Å². The van der Waals surface area contributed by atoms with Crippen LogP contribution in [0.4, 0.5) is 0 Å². The van der Waals surface area contributed by atoms with Crippen LogP contribution in [0.25, 0.3) is 0 Å². The van der Waals surface area contributed by atoms with E-state index in [9.17, 15) is 19.5 Å². The molecule has 3 fully saturated rings. The maximum absolute atomic E-state index is 13.9. The highest BCUT2D eigenvalue weighted by atomic mass is 16.5. The Morgan fingerprint density at radius 3 is 2.45 bits per heavy atom. The van der Waals surface area contributed by atoms with Gasteiger partial charge in [0.1, 0.15) is 11.6 Å². The number of carbonyl (C=O) groups excluding carboxylic acids is 3. The highest BCUT2D eigenvalue weighted by Crippen LogP contribution is 2.58. The predicted octanol–water partition coefficient (Wildman–Crippen LogP) is 0.811. The zero-order valence-corrected chi connectivity index (χ0v) is 19.0. The lowest BCUT2D eigenvalue weighted by Gasteiger charge is -2.41. The number of hydrogen-bond donors (Lipinski definition) is 1. The minimum absolute atomic E-state index is 0.0248. The topological polar surface area (TPSA) is 90.4 Å². The summed E-state index contributed by atoms with van der Waals surface area (Å²) >= 11 is 0. The van der Waals surface area contributed by atoms with E-state index in [0.29, 0.717) is 25.9 Å². The molecule has 0 aromatic rings. The van der Waals surface area contributed by atoms with Crippen molar-refractivity contribution in [3.63, 3.8) is 0 Å². The minimum Gasteiger partial charge on any atom is -0.395 e. The summed E-state index contributed by atoms with van der Waals surface area (Å²) in [6.45, 7) is 13.7. The molecule has 172 valence electrons. The third kappa shape index (κ3) is 3.59. The normalized spacial score (nSPS) is 31.5. The molecular weight excluding hydrogens is 398 g/mol. The number of nitrogens with zero attached hydrogens (tertiary/aromatic N) is 3. The first-order valence-corrected chi connectivity index (χ1v) is 10.9. The fourth-order valence-electron chi connectivity index (χ4n) is 5.57. The van der Waals surface area contributed by atoms with Crippen LogP contribution in [0.1, 0.15) is 33.6 Å². The summed E-state index contributed by atoms with van der Waals surface area (Å²) < 4.78 is 6.38. The third-order valence-electron chi connectivity index (χ3n) is 6.83. The van der Waals surface area contributed by atoms with Crippen molar-refractivity contribution >= 4 is 17.7 Å². The summed E-state index contributed by atoms with van der Waals surface area (Å²) in [6.07, 6.45) is 4.07. The van der Waals surface area contributed by atoms with Gasteiger partial charge < -0.3 is 24.5 Å². The number of carbonyl (C=O) groups is 3. The smallest absolute Gasteiger partial charge is 0.249 e. The van der Waals surface area contributed by atoms with Gasteiger partial charge in [-0.05, 0) is 33.6 Å². The van der Waals surface area contributed by atoms with Gasteiger partial charge >= 0.3 is 0 Å². The van der Waals surface area contributed by atoms with E-state index in [1.165, 1.54) is 4.90 Å². The molecule has 0 aromatic heterocycles. The molecule has 2 bridgehead atoms. The lowest BCUT2D eigenvalue weighted by Crippen LogP contribution is -2.60. The Balaban J connectivity index is 2.04. The Hall–Kier alpha value is -2.19. The Kier molecular flexibility index (Phi) is 6.35. The Morgan fingerprint density at radius 2 is 1.90 bits per heavy atom. The monoisotopic (exact) mass is 433 g/mol. The number of likely N-dealkylation sites (N-methyl/N-ethyl adjacent to an activating group) is 1. The third-order valence-corrected chi connectivity index (χ3v) is 6.83. The number of amides is 3. The molecule has 3 aliphatic rings. The number of aliphatic hydroxyl groups excluding tert-OH is 1. The van der Waals surface area contributed by atoms with Crippen LogP contribution >= 0.6 is 0 Å². The van der Waals surface area contributed by atoms with Crippen LogP contribution in [0.3, 0.4) is 0 Å². The molecule has 3 saturated heterocycles. The van der Waals surface area contributed by atoms with Gasteiger partial charge in [-0.25, -0.2) is 0 Å². The van der Waals surface area contributed by atoms with Crippen molar-refractivity contribution in [1.82, 2.24) is 14.7 Å². The summed E-state index contributed by atoms with van der Waals surface area (Å²) in [5.41, 5.74) is -1.54. The average molecular weight is 434 g/mol. The zero-order valence-electron chi connectivity index (χ0n) is 19.0. The molecule has 31 heavy (non-hydrogen) atoms. The SMILES string of the molecule is C=CCN(C)C(=O)[C@@H]1[C@@H]2CCC3(O2)C(C(=O)N(CC=C)C(C)(C)C)N(CCO)C(=O)[C@H]13. The van der Waals surface area contributed by atoms with Crippen molar-refractivity contribution in [3.05, 3.63) is 25.3 Å². The van der Waals surface area contributed by atoms with Crippen LogP contribution in [0, 0.1) is 11.8 Å². The molecule has 3 heterocycles. The second kappa shape index (κ2) is 8.39. The van der Waals surface area contributed by atoms with E-state index in [-0.39, 0.29) is 37.0 Å². The van der Waals surface area contributed by atoms with Crippen LogP contribution in [-0.2, 0) is 19.1 Å². The molecule has 1 spiro atoms. The Morgan fingerprint density at radius 1 is 1.26 bits per heavy atom. The van der Waals surface area contributed by atoms with E-state index >= 15 is 0 Å². The number of fused-ring (bicyclic) bond motifs is 1. The van der Waals surface area contributed by atoms with Crippen molar-refractivity contribution in [2.45, 2.75) is 56.9 Å². The summed E-state index contributed by atoms with van der Waals surface area (Å²) in [6, 6.07) is -0.871. The van der Waals surface area contributed by atoms with E-state index in [0.717, 1.165) is 0 Å². The molecule has 0 saturated carbocycles. The predicted molar refractivity (Wildman–Crippen MR) is 116 cm³/mol. The van der Waals surface area contributed by atoms with Crippen molar-refractivity contribution in [3.8, 4) is 0 Å². The molecule has 3 amide bonds. The Bertz CT molecular complexity index is 776. The molecule has 1 N–H and O–H groups in total. The first-order chi connectivity index (χ1) is 14.5. The number of ether oxygens (including phenoxy) is 1. The lowest BCUT2D eigenvalue weighted by atomic mass is 9.70. The van der Waals surface area contributed by atoms with E-state index in [1.807, 2.05) is 20.8 Å². The molecule has 5 atom stereocenters. The molecule has 3 rings (SSSR count). The maximum atomic E-state index is 13.9. The molecule has 0 aliphatic carbocycles. The molecule has 0 radical (unpaired) electrons. The van der Waals surface area contributed by atoms with Gasteiger partial charge in [-0.3, -0.25) is 14.4 Å². The zero-order chi connectivity index (χ0) is 23.1. The van der Waals surface area contributed by atoms with Crippen molar-refractivity contribution in [1.29, 1.82) is 0 Å². The largest absolute Gasteiger partial charge is 0.395 e. The van der Waals surface area contributed by atoms with Gasteiger partial charge in [0.25, 0.3) is 0 Å². The fourth-order valence-corrected chi connectivity index (χ4v) is 5.57. The molecular formula is C23H35N3O5. The number of β-amino-alcohol motifs (C(OH)–C–C–N with tert-alkyl or cyclic N) is 1. The van der Waals surface area contributed by atoms with Gasteiger partial charge in [-0.1, -0.05) is 12.2 Å². The van der Waals surface area contributed by atoms with Crippen molar-refractivity contribution < 1.29 is 24.2 Å². The van der Waals surface area contributed by atoms with E-state index in [4.69, 9.17) is 4.74 Å².